The Morgan fingerprint density at radius 1 is 1.10 bits per heavy atom. The second-order valence-corrected chi connectivity index (χ2v) is 5.98. The fourth-order valence-electron chi connectivity index (χ4n) is 2.83. The van der Waals surface area contributed by atoms with E-state index in [1.54, 1.807) is 6.07 Å². The minimum Gasteiger partial charge on any atom is -0.341 e. The van der Waals surface area contributed by atoms with Gasteiger partial charge in [-0.25, -0.2) is 8.78 Å². The van der Waals surface area contributed by atoms with E-state index in [0.29, 0.717) is 12.5 Å². The molecule has 0 spiro atoms. The van der Waals surface area contributed by atoms with Crippen molar-refractivity contribution in [2.24, 2.45) is 5.92 Å². The number of hydrogen-bond donors (Lipinski definition) is 0. The van der Waals surface area contributed by atoms with Crippen molar-refractivity contribution < 1.29 is 13.6 Å². The molecule has 2 aliphatic rings. The summed E-state index contributed by atoms with van der Waals surface area (Å²) in [5.41, 5.74) is 0.774. The smallest absolute Gasteiger partial charge is 0.225 e. The van der Waals surface area contributed by atoms with Crippen LogP contribution in [0.4, 0.5) is 8.78 Å². The molecule has 1 aromatic rings. The van der Waals surface area contributed by atoms with Crippen LogP contribution in [0.25, 0.3) is 0 Å². The molecule has 114 valence electrons. The summed E-state index contributed by atoms with van der Waals surface area (Å²) in [6, 6.07) is 4.05. The summed E-state index contributed by atoms with van der Waals surface area (Å²) in [7, 11) is 0. The van der Waals surface area contributed by atoms with Crippen molar-refractivity contribution in [2.75, 3.05) is 26.2 Å². The summed E-state index contributed by atoms with van der Waals surface area (Å²) in [6.07, 6.45) is 3.00. The molecule has 0 aromatic heterocycles. The van der Waals surface area contributed by atoms with Crippen LogP contribution in [0, 0.1) is 17.6 Å². The maximum Gasteiger partial charge on any atom is 0.225 e. The number of rotatable bonds is 3. The van der Waals surface area contributed by atoms with Crippen LogP contribution in [0.1, 0.15) is 24.8 Å². The summed E-state index contributed by atoms with van der Waals surface area (Å²) >= 11 is 0. The number of hydrogen-bond acceptors (Lipinski definition) is 2. The van der Waals surface area contributed by atoms with Crippen LogP contribution >= 0.6 is 0 Å². The van der Waals surface area contributed by atoms with Gasteiger partial charge >= 0.3 is 0 Å². The van der Waals surface area contributed by atoms with Crippen molar-refractivity contribution >= 4 is 5.91 Å². The Labute approximate surface area is 123 Å². The lowest BCUT2D eigenvalue weighted by Crippen LogP contribution is -2.36. The minimum absolute atomic E-state index is 0.266. The molecule has 1 heterocycles. The summed E-state index contributed by atoms with van der Waals surface area (Å²) in [4.78, 5) is 16.2. The molecule has 0 bridgehead atoms. The molecule has 2 fully saturated rings. The van der Waals surface area contributed by atoms with E-state index < -0.39 is 11.6 Å². The predicted octanol–water partition coefficient (Wildman–Crippen LogP) is 2.41. The van der Waals surface area contributed by atoms with Crippen LogP contribution in [0.2, 0.25) is 0 Å². The molecule has 0 N–H and O–H groups in total. The lowest BCUT2D eigenvalue weighted by molar-refractivity contribution is -0.132. The van der Waals surface area contributed by atoms with Gasteiger partial charge in [0.05, 0.1) is 0 Å². The fraction of sp³-hybridized carbons (Fsp3) is 0.562. The van der Waals surface area contributed by atoms with Gasteiger partial charge in [-0.3, -0.25) is 9.69 Å². The Morgan fingerprint density at radius 3 is 2.62 bits per heavy atom. The van der Waals surface area contributed by atoms with E-state index in [1.165, 1.54) is 12.1 Å². The molecule has 1 saturated carbocycles. The number of amides is 1. The third kappa shape index (κ3) is 3.59. The van der Waals surface area contributed by atoms with Gasteiger partial charge < -0.3 is 4.90 Å². The zero-order chi connectivity index (χ0) is 14.8. The third-order valence-corrected chi connectivity index (χ3v) is 4.22. The fourth-order valence-corrected chi connectivity index (χ4v) is 2.83. The highest BCUT2D eigenvalue weighted by molar-refractivity contribution is 5.81. The van der Waals surface area contributed by atoms with E-state index >= 15 is 0 Å². The average molecular weight is 294 g/mol. The molecule has 5 heteroatoms. The van der Waals surface area contributed by atoms with Gasteiger partial charge in [-0.1, -0.05) is 6.07 Å². The molecule has 1 amide bonds. The first kappa shape index (κ1) is 14.4. The molecule has 3 rings (SSSR count). The number of halogens is 2. The van der Waals surface area contributed by atoms with Gasteiger partial charge in [-0.15, -0.1) is 0 Å². The minimum atomic E-state index is -0.809. The molecule has 0 unspecified atom stereocenters. The molecule has 1 saturated heterocycles. The molecule has 21 heavy (non-hydrogen) atoms. The highest BCUT2D eigenvalue weighted by Gasteiger charge is 2.33. The second kappa shape index (κ2) is 6.10. The maximum atomic E-state index is 13.2. The van der Waals surface area contributed by atoms with E-state index in [9.17, 15) is 13.6 Å². The maximum absolute atomic E-state index is 13.2. The van der Waals surface area contributed by atoms with E-state index in [-0.39, 0.29) is 5.92 Å². The first-order valence-corrected chi connectivity index (χ1v) is 7.58. The van der Waals surface area contributed by atoms with Crippen LogP contribution in [0.15, 0.2) is 18.2 Å². The van der Waals surface area contributed by atoms with Gasteiger partial charge in [0.1, 0.15) is 0 Å². The van der Waals surface area contributed by atoms with Gasteiger partial charge in [-0.05, 0) is 37.0 Å². The molecule has 3 nitrogen and oxygen atoms in total. The molecule has 0 radical (unpaired) electrons. The SMILES string of the molecule is O=C(C1CC1)N1CCCN(Cc2ccc(F)c(F)c2)CC1. The zero-order valence-corrected chi connectivity index (χ0v) is 12.0. The van der Waals surface area contributed by atoms with Crippen LogP contribution in [-0.4, -0.2) is 41.9 Å². The monoisotopic (exact) mass is 294 g/mol. The Hall–Kier alpha value is -1.49. The molecule has 1 aliphatic heterocycles. The molecule has 1 aromatic carbocycles. The van der Waals surface area contributed by atoms with Crippen LogP contribution in [0.5, 0.6) is 0 Å². The third-order valence-electron chi connectivity index (χ3n) is 4.22. The van der Waals surface area contributed by atoms with Crippen molar-refractivity contribution in [3.05, 3.63) is 35.4 Å². The van der Waals surface area contributed by atoms with Crippen molar-refractivity contribution in [1.29, 1.82) is 0 Å². The zero-order valence-electron chi connectivity index (χ0n) is 12.0. The topological polar surface area (TPSA) is 23.6 Å². The predicted molar refractivity (Wildman–Crippen MR) is 75.6 cm³/mol. The van der Waals surface area contributed by atoms with Crippen LogP contribution in [0.3, 0.4) is 0 Å². The highest BCUT2D eigenvalue weighted by Crippen LogP contribution is 2.31. The standard InChI is InChI=1S/C16H20F2N2O/c17-14-5-2-12(10-15(14)18)11-19-6-1-7-20(9-8-19)16(21)13-3-4-13/h2,5,10,13H,1,3-4,6-9,11H2. The molecule has 1 aliphatic carbocycles. The summed E-state index contributed by atoms with van der Waals surface area (Å²) in [5, 5.41) is 0. The Balaban J connectivity index is 1.57. The molecular weight excluding hydrogens is 274 g/mol. The number of carbonyl (C=O) groups is 1. The Kier molecular flexibility index (Phi) is 4.19. The highest BCUT2D eigenvalue weighted by atomic mass is 19.2. The van der Waals surface area contributed by atoms with Gasteiger partial charge in [0.2, 0.25) is 5.91 Å². The Bertz CT molecular complexity index is 531. The lowest BCUT2D eigenvalue weighted by atomic mass is 10.2. The quantitative estimate of drug-likeness (QED) is 0.854. The van der Waals surface area contributed by atoms with E-state index in [2.05, 4.69) is 4.90 Å². The first-order chi connectivity index (χ1) is 10.1. The largest absolute Gasteiger partial charge is 0.341 e. The van der Waals surface area contributed by atoms with Gasteiger partial charge in [0.25, 0.3) is 0 Å². The van der Waals surface area contributed by atoms with Crippen molar-refractivity contribution in [2.45, 2.75) is 25.8 Å². The first-order valence-electron chi connectivity index (χ1n) is 7.58. The lowest BCUT2D eigenvalue weighted by Gasteiger charge is -2.22. The summed E-state index contributed by atoms with van der Waals surface area (Å²) in [5.74, 6) is -1.05. The van der Waals surface area contributed by atoms with Gasteiger partial charge in [0.15, 0.2) is 11.6 Å². The van der Waals surface area contributed by atoms with Gasteiger partial charge in [0, 0.05) is 38.6 Å². The van der Waals surface area contributed by atoms with Crippen molar-refractivity contribution in [1.82, 2.24) is 9.80 Å². The number of nitrogens with zero attached hydrogens (tertiary/aromatic N) is 2. The average Bonchev–Trinajstić information content (AvgIpc) is 3.29. The normalized spacial score (nSPS) is 20.4. The summed E-state index contributed by atoms with van der Waals surface area (Å²) < 4.78 is 26.2. The van der Waals surface area contributed by atoms with E-state index in [0.717, 1.165) is 51.0 Å². The Morgan fingerprint density at radius 2 is 1.90 bits per heavy atom. The van der Waals surface area contributed by atoms with Crippen molar-refractivity contribution in [3.63, 3.8) is 0 Å². The molecular formula is C16H20F2N2O. The number of carbonyl (C=O) groups excluding carboxylic acids is 1. The van der Waals surface area contributed by atoms with E-state index in [4.69, 9.17) is 0 Å². The van der Waals surface area contributed by atoms with Crippen LogP contribution < -0.4 is 0 Å². The molecule has 0 atom stereocenters. The van der Waals surface area contributed by atoms with E-state index in [1.807, 2.05) is 4.90 Å². The number of benzene rings is 1. The van der Waals surface area contributed by atoms with Gasteiger partial charge in [-0.2, -0.15) is 0 Å². The van der Waals surface area contributed by atoms with Crippen LogP contribution in [-0.2, 0) is 11.3 Å². The second-order valence-electron chi connectivity index (χ2n) is 5.98. The van der Waals surface area contributed by atoms with Crippen molar-refractivity contribution in [3.8, 4) is 0 Å². The summed E-state index contributed by atoms with van der Waals surface area (Å²) in [6.45, 7) is 3.82.